The van der Waals surface area contributed by atoms with Crippen LogP contribution in [0.5, 0.6) is 0 Å². The molecule has 2 amide bonds. The molecule has 1 fully saturated rings. The van der Waals surface area contributed by atoms with Gasteiger partial charge in [-0.15, -0.1) is 0 Å². The Morgan fingerprint density at radius 1 is 1.16 bits per heavy atom. The monoisotopic (exact) mass is 333 g/mol. The van der Waals surface area contributed by atoms with Gasteiger partial charge >= 0.3 is 0 Å². The van der Waals surface area contributed by atoms with Crippen molar-refractivity contribution in [2.75, 3.05) is 11.4 Å². The molecule has 2 aliphatic rings. The van der Waals surface area contributed by atoms with Crippen LogP contribution in [0.2, 0.25) is 0 Å². The molecule has 1 saturated carbocycles. The summed E-state index contributed by atoms with van der Waals surface area (Å²) in [5, 5.41) is 4.15. The molecule has 124 valence electrons. The predicted molar refractivity (Wildman–Crippen MR) is 90.5 cm³/mol. The number of benzene rings is 1. The van der Waals surface area contributed by atoms with Gasteiger partial charge in [-0.1, -0.05) is 18.2 Å². The van der Waals surface area contributed by atoms with Crippen molar-refractivity contribution >= 4 is 23.1 Å². The molecule has 0 saturated heterocycles. The molecule has 7 nitrogen and oxygen atoms in total. The third-order valence-electron chi connectivity index (χ3n) is 5.21. The zero-order valence-corrected chi connectivity index (χ0v) is 13.3. The normalized spacial score (nSPS) is 17.0. The average molecular weight is 333 g/mol. The van der Waals surface area contributed by atoms with Gasteiger partial charge in [-0.3, -0.25) is 9.59 Å². The van der Waals surface area contributed by atoms with Crippen LogP contribution in [0.4, 0.5) is 5.69 Å². The van der Waals surface area contributed by atoms with Crippen molar-refractivity contribution < 1.29 is 9.59 Å². The predicted octanol–water partition coefficient (Wildman–Crippen LogP) is 1.52. The molecule has 1 aliphatic heterocycles. The molecule has 0 bridgehead atoms. The number of fused-ring (bicyclic) bond motifs is 3. The van der Waals surface area contributed by atoms with Crippen molar-refractivity contribution in [1.82, 2.24) is 14.6 Å². The lowest BCUT2D eigenvalue weighted by molar-refractivity contribution is 0.0976. The molecular formula is C18H15N5O2. The van der Waals surface area contributed by atoms with E-state index >= 15 is 0 Å². The third-order valence-corrected chi connectivity index (χ3v) is 5.21. The summed E-state index contributed by atoms with van der Waals surface area (Å²) in [5.41, 5.74) is 8.53. The summed E-state index contributed by atoms with van der Waals surface area (Å²) in [4.78, 5) is 30.7. The third kappa shape index (κ3) is 1.86. The minimum Gasteiger partial charge on any atom is -0.365 e. The molecule has 5 rings (SSSR count). The Kier molecular flexibility index (Phi) is 2.64. The maximum Gasteiger partial charge on any atom is 0.277 e. The van der Waals surface area contributed by atoms with E-state index in [0.717, 1.165) is 18.5 Å². The molecule has 1 spiro atoms. The van der Waals surface area contributed by atoms with Crippen LogP contribution in [0.15, 0.2) is 42.7 Å². The van der Waals surface area contributed by atoms with E-state index in [2.05, 4.69) is 16.1 Å². The van der Waals surface area contributed by atoms with E-state index in [1.54, 1.807) is 6.07 Å². The maximum absolute atomic E-state index is 13.2. The molecule has 2 aromatic heterocycles. The van der Waals surface area contributed by atoms with Gasteiger partial charge in [0.2, 0.25) is 0 Å². The van der Waals surface area contributed by atoms with Crippen LogP contribution in [-0.4, -0.2) is 33.0 Å². The van der Waals surface area contributed by atoms with Crippen molar-refractivity contribution in [1.29, 1.82) is 0 Å². The van der Waals surface area contributed by atoms with Gasteiger partial charge in [0, 0.05) is 23.8 Å². The van der Waals surface area contributed by atoms with E-state index in [9.17, 15) is 9.59 Å². The van der Waals surface area contributed by atoms with E-state index in [0.29, 0.717) is 17.9 Å². The fraction of sp³-hybridized carbons (Fsp3) is 0.222. The largest absolute Gasteiger partial charge is 0.365 e. The Hall–Kier alpha value is -3.22. The highest BCUT2D eigenvalue weighted by Crippen LogP contribution is 2.56. The van der Waals surface area contributed by atoms with Gasteiger partial charge in [0.25, 0.3) is 11.8 Å². The number of carbonyl (C=O) groups is 2. The van der Waals surface area contributed by atoms with Gasteiger partial charge in [-0.2, -0.15) is 5.10 Å². The Labute approximate surface area is 143 Å². The number of hydrogen-bond donors (Lipinski definition) is 1. The second-order valence-corrected chi connectivity index (χ2v) is 6.68. The summed E-state index contributed by atoms with van der Waals surface area (Å²) >= 11 is 0. The lowest BCUT2D eigenvalue weighted by Crippen LogP contribution is -2.33. The minimum atomic E-state index is -0.615. The van der Waals surface area contributed by atoms with Gasteiger partial charge < -0.3 is 10.6 Å². The number of rotatable bonds is 2. The number of nitrogens with zero attached hydrogens (tertiary/aromatic N) is 4. The highest BCUT2D eigenvalue weighted by molar-refractivity contribution is 6.07. The quantitative estimate of drug-likeness (QED) is 0.769. The summed E-state index contributed by atoms with van der Waals surface area (Å²) in [7, 11) is 0. The number of anilines is 1. The van der Waals surface area contributed by atoms with E-state index in [1.807, 2.05) is 23.1 Å². The first kappa shape index (κ1) is 14.2. The number of hydrogen-bond acceptors (Lipinski definition) is 4. The topological polar surface area (TPSA) is 93.6 Å². The Bertz CT molecular complexity index is 1050. The standard InChI is InChI=1S/C18H15N5O2/c19-15(24)11-9-21-23-14(5-8-20-16(11)23)17(25)22-10-18(6-7-18)12-3-1-2-4-13(12)22/h1-5,8-9H,6-7,10H2,(H2,19,24). The number of para-hydroxylation sites is 1. The van der Waals surface area contributed by atoms with Crippen molar-refractivity contribution in [3.05, 3.63) is 59.5 Å². The molecule has 3 heterocycles. The van der Waals surface area contributed by atoms with Gasteiger partial charge in [0.15, 0.2) is 5.65 Å². The molecule has 2 N–H and O–H groups in total. The smallest absolute Gasteiger partial charge is 0.277 e. The van der Waals surface area contributed by atoms with E-state index < -0.39 is 5.91 Å². The van der Waals surface area contributed by atoms with Crippen molar-refractivity contribution in [2.24, 2.45) is 5.73 Å². The zero-order valence-electron chi connectivity index (χ0n) is 13.3. The molecule has 3 aromatic rings. The highest BCUT2D eigenvalue weighted by Gasteiger charge is 2.53. The van der Waals surface area contributed by atoms with Gasteiger partial charge in [0.1, 0.15) is 11.3 Å². The summed E-state index contributed by atoms with van der Waals surface area (Å²) in [5.74, 6) is -0.765. The zero-order chi connectivity index (χ0) is 17.2. The fourth-order valence-corrected chi connectivity index (χ4v) is 3.76. The van der Waals surface area contributed by atoms with Crippen molar-refractivity contribution in [3.8, 4) is 0 Å². The highest BCUT2D eigenvalue weighted by atomic mass is 16.2. The average Bonchev–Trinajstić information content (AvgIpc) is 3.14. The second kappa shape index (κ2) is 4.66. The summed E-state index contributed by atoms with van der Waals surface area (Å²) in [6.07, 6.45) is 5.06. The van der Waals surface area contributed by atoms with Crippen molar-refractivity contribution in [3.63, 3.8) is 0 Å². The lowest BCUT2D eigenvalue weighted by Gasteiger charge is -2.18. The van der Waals surface area contributed by atoms with Crippen LogP contribution < -0.4 is 10.6 Å². The number of amides is 2. The first-order valence-corrected chi connectivity index (χ1v) is 8.15. The number of aromatic nitrogens is 3. The van der Waals surface area contributed by atoms with Crippen LogP contribution in [0.3, 0.4) is 0 Å². The van der Waals surface area contributed by atoms with Crippen LogP contribution in [0.25, 0.3) is 5.65 Å². The molecule has 0 radical (unpaired) electrons. The Balaban J connectivity index is 1.62. The lowest BCUT2D eigenvalue weighted by atomic mass is 9.99. The summed E-state index contributed by atoms with van der Waals surface area (Å²) in [6, 6.07) is 9.67. The molecule has 7 heteroatoms. The van der Waals surface area contributed by atoms with Crippen LogP contribution >= 0.6 is 0 Å². The number of primary amides is 1. The Morgan fingerprint density at radius 2 is 1.96 bits per heavy atom. The maximum atomic E-state index is 13.2. The van der Waals surface area contributed by atoms with E-state index in [-0.39, 0.29) is 16.9 Å². The van der Waals surface area contributed by atoms with Gasteiger partial charge in [-0.05, 0) is 30.5 Å². The van der Waals surface area contributed by atoms with Gasteiger partial charge in [-0.25, -0.2) is 9.50 Å². The molecular weight excluding hydrogens is 318 g/mol. The Morgan fingerprint density at radius 3 is 2.72 bits per heavy atom. The second-order valence-electron chi connectivity index (χ2n) is 6.68. The SMILES string of the molecule is NC(=O)c1cnn2c(C(=O)N3CC4(CC4)c4ccccc43)ccnc12. The summed E-state index contributed by atoms with van der Waals surface area (Å²) < 4.78 is 1.39. The van der Waals surface area contributed by atoms with E-state index in [4.69, 9.17) is 5.73 Å². The van der Waals surface area contributed by atoms with Crippen molar-refractivity contribution in [2.45, 2.75) is 18.3 Å². The number of carbonyl (C=O) groups excluding carboxylic acids is 2. The molecule has 0 unspecified atom stereocenters. The van der Waals surface area contributed by atoms with Crippen LogP contribution in [-0.2, 0) is 5.41 Å². The molecule has 1 aliphatic carbocycles. The molecule has 25 heavy (non-hydrogen) atoms. The van der Waals surface area contributed by atoms with Crippen LogP contribution in [0, 0.1) is 0 Å². The van der Waals surface area contributed by atoms with Gasteiger partial charge in [0.05, 0.1) is 6.20 Å². The molecule has 1 aromatic carbocycles. The first-order valence-electron chi connectivity index (χ1n) is 8.15. The molecule has 0 atom stereocenters. The fourth-order valence-electron chi connectivity index (χ4n) is 3.76. The minimum absolute atomic E-state index is 0.112. The van der Waals surface area contributed by atoms with Crippen LogP contribution in [0.1, 0.15) is 39.3 Å². The van der Waals surface area contributed by atoms with E-state index in [1.165, 1.54) is 22.5 Å². The summed E-state index contributed by atoms with van der Waals surface area (Å²) in [6.45, 7) is 0.680. The first-order chi connectivity index (χ1) is 12.1. The number of nitrogens with two attached hydrogens (primary N) is 1.